The topological polar surface area (TPSA) is 3.24 Å². The predicted molar refractivity (Wildman–Crippen MR) is 234 cm³/mol. The van der Waals surface area contributed by atoms with E-state index in [-0.39, 0.29) is 0 Å². The van der Waals surface area contributed by atoms with E-state index in [1.54, 1.807) is 0 Å². The number of rotatable bonds is 7. The monoisotopic (exact) mass is 711 g/mol. The second-order valence-corrected chi connectivity index (χ2v) is 15.8. The molecule has 1 saturated carbocycles. The number of nitrogens with zero attached hydrogens (tertiary/aromatic N) is 1. The highest BCUT2D eigenvalue weighted by Crippen LogP contribution is 2.44. The van der Waals surface area contributed by atoms with Crippen LogP contribution in [0.4, 0.5) is 17.1 Å². The summed E-state index contributed by atoms with van der Waals surface area (Å²) in [7, 11) is 0. The van der Waals surface area contributed by atoms with E-state index in [0.717, 1.165) is 5.69 Å². The standard InChI is InChI=1S/C52H41NS/c1-4-13-36(14-5-1)41-24-23-37-25-30-44(34-42(37)33-41)53(45-31-32-49-48-19-10-11-22-50(48)54-51(49)35-45)43-28-26-40(27-29-43)52-46(38-15-6-2-7-16-38)20-12-21-47(52)39-17-8-3-9-18-39/h2-3,6-12,15-36H,1,4-5,13-14H2. The Morgan fingerprint density at radius 2 is 1.02 bits per heavy atom. The first-order valence-electron chi connectivity index (χ1n) is 19.4. The van der Waals surface area contributed by atoms with E-state index >= 15 is 0 Å². The van der Waals surface area contributed by atoms with Crippen molar-refractivity contribution in [2.45, 2.75) is 38.0 Å². The molecule has 0 saturated heterocycles. The largest absolute Gasteiger partial charge is 0.310 e. The zero-order chi connectivity index (χ0) is 35.8. The smallest absolute Gasteiger partial charge is 0.0476 e. The quantitative estimate of drug-likeness (QED) is 0.159. The zero-order valence-electron chi connectivity index (χ0n) is 30.3. The third-order valence-corrected chi connectivity index (χ3v) is 12.6. The van der Waals surface area contributed by atoms with Crippen LogP contribution in [0.2, 0.25) is 0 Å². The predicted octanol–water partition coefficient (Wildman–Crippen LogP) is 15.7. The molecule has 1 nitrogen and oxygen atoms in total. The van der Waals surface area contributed by atoms with E-state index in [1.165, 1.54) is 113 Å². The van der Waals surface area contributed by atoms with Crippen molar-refractivity contribution in [1.82, 2.24) is 0 Å². The van der Waals surface area contributed by atoms with Crippen molar-refractivity contribution in [2.75, 3.05) is 4.90 Å². The lowest BCUT2D eigenvalue weighted by atomic mass is 9.83. The van der Waals surface area contributed by atoms with Gasteiger partial charge in [0.05, 0.1) is 0 Å². The van der Waals surface area contributed by atoms with E-state index < -0.39 is 0 Å². The van der Waals surface area contributed by atoms with Crippen molar-refractivity contribution in [1.29, 1.82) is 0 Å². The van der Waals surface area contributed by atoms with Crippen molar-refractivity contribution in [3.63, 3.8) is 0 Å². The molecule has 10 rings (SSSR count). The minimum Gasteiger partial charge on any atom is -0.310 e. The van der Waals surface area contributed by atoms with Gasteiger partial charge in [-0.1, -0.05) is 159 Å². The van der Waals surface area contributed by atoms with Gasteiger partial charge in [0.15, 0.2) is 0 Å². The zero-order valence-corrected chi connectivity index (χ0v) is 31.1. The van der Waals surface area contributed by atoms with Gasteiger partial charge in [-0.25, -0.2) is 0 Å². The van der Waals surface area contributed by atoms with Crippen molar-refractivity contribution in [2.24, 2.45) is 0 Å². The van der Waals surface area contributed by atoms with Crippen LogP contribution in [0.25, 0.3) is 64.3 Å². The first kappa shape index (κ1) is 32.7. The molecule has 0 bridgehead atoms. The highest BCUT2D eigenvalue weighted by atomic mass is 32.1. The molecule has 54 heavy (non-hydrogen) atoms. The van der Waals surface area contributed by atoms with Crippen molar-refractivity contribution >= 4 is 59.3 Å². The molecule has 0 amide bonds. The lowest BCUT2D eigenvalue weighted by Crippen LogP contribution is -2.10. The van der Waals surface area contributed by atoms with Crippen LogP contribution in [0.3, 0.4) is 0 Å². The van der Waals surface area contributed by atoms with Crippen LogP contribution < -0.4 is 4.90 Å². The third-order valence-electron chi connectivity index (χ3n) is 11.5. The Labute approximate surface area is 321 Å². The van der Waals surface area contributed by atoms with Gasteiger partial charge < -0.3 is 4.90 Å². The maximum Gasteiger partial charge on any atom is 0.0476 e. The second kappa shape index (κ2) is 14.1. The fraction of sp³-hybridized carbons (Fsp3) is 0.115. The molecule has 1 aromatic heterocycles. The maximum absolute atomic E-state index is 2.47. The van der Waals surface area contributed by atoms with Gasteiger partial charge >= 0.3 is 0 Å². The molecule has 0 unspecified atom stereocenters. The van der Waals surface area contributed by atoms with Gasteiger partial charge in [-0.3, -0.25) is 0 Å². The van der Waals surface area contributed by atoms with Gasteiger partial charge in [-0.05, 0) is 111 Å². The van der Waals surface area contributed by atoms with Crippen molar-refractivity contribution < 1.29 is 0 Å². The lowest BCUT2D eigenvalue weighted by molar-refractivity contribution is 0.444. The van der Waals surface area contributed by atoms with E-state index in [9.17, 15) is 0 Å². The highest BCUT2D eigenvalue weighted by molar-refractivity contribution is 7.25. The van der Waals surface area contributed by atoms with Crippen LogP contribution in [0.1, 0.15) is 43.6 Å². The van der Waals surface area contributed by atoms with E-state index in [4.69, 9.17) is 0 Å². The molecule has 0 aliphatic heterocycles. The van der Waals surface area contributed by atoms with Crippen LogP contribution in [-0.2, 0) is 0 Å². The Morgan fingerprint density at radius 3 is 1.76 bits per heavy atom. The Hall–Kier alpha value is -5.96. The van der Waals surface area contributed by atoms with Crippen LogP contribution >= 0.6 is 11.3 Å². The van der Waals surface area contributed by atoms with Gasteiger partial charge in [0.25, 0.3) is 0 Å². The molecule has 9 aromatic rings. The highest BCUT2D eigenvalue weighted by Gasteiger charge is 2.20. The first-order valence-corrected chi connectivity index (χ1v) is 20.2. The maximum atomic E-state index is 2.47. The summed E-state index contributed by atoms with van der Waals surface area (Å²) in [5.74, 6) is 0.672. The first-order chi connectivity index (χ1) is 26.8. The van der Waals surface area contributed by atoms with Gasteiger partial charge in [0.2, 0.25) is 0 Å². The Bertz CT molecular complexity index is 2680. The Morgan fingerprint density at radius 1 is 0.407 bits per heavy atom. The minimum atomic E-state index is 0.672. The van der Waals surface area contributed by atoms with Crippen LogP contribution in [0.15, 0.2) is 182 Å². The van der Waals surface area contributed by atoms with Crippen molar-refractivity contribution in [3.05, 3.63) is 188 Å². The summed E-state index contributed by atoms with van der Waals surface area (Å²) < 4.78 is 2.63. The van der Waals surface area contributed by atoms with Crippen LogP contribution in [-0.4, -0.2) is 0 Å². The molecule has 1 fully saturated rings. The SMILES string of the molecule is c1ccc(-c2cccc(-c3ccccc3)c2-c2ccc(N(c3ccc4ccc(C5CCCCC5)cc4c3)c3ccc4c(c3)sc3ccccc34)cc2)cc1. The molecule has 1 heterocycles. The summed E-state index contributed by atoms with van der Waals surface area (Å²) in [5.41, 5.74) is 12.3. The Balaban J connectivity index is 1.12. The summed E-state index contributed by atoms with van der Waals surface area (Å²) in [6, 6.07) is 67.5. The van der Waals surface area contributed by atoms with Gasteiger partial charge in [0, 0.05) is 37.2 Å². The normalized spacial score (nSPS) is 13.5. The molecule has 0 atom stereocenters. The molecule has 1 aliphatic carbocycles. The fourth-order valence-electron chi connectivity index (χ4n) is 8.74. The summed E-state index contributed by atoms with van der Waals surface area (Å²) in [6.07, 6.45) is 6.67. The summed E-state index contributed by atoms with van der Waals surface area (Å²) in [6.45, 7) is 0. The minimum absolute atomic E-state index is 0.672. The Kier molecular flexibility index (Phi) is 8.54. The molecular weight excluding hydrogens is 671 g/mol. The molecule has 2 heteroatoms. The number of hydrogen-bond acceptors (Lipinski definition) is 2. The fourth-order valence-corrected chi connectivity index (χ4v) is 9.88. The summed E-state index contributed by atoms with van der Waals surface area (Å²) in [4.78, 5) is 2.45. The number of anilines is 3. The van der Waals surface area contributed by atoms with Gasteiger partial charge in [0.1, 0.15) is 0 Å². The molecule has 0 spiro atoms. The van der Waals surface area contributed by atoms with Gasteiger partial charge in [-0.15, -0.1) is 11.3 Å². The average molecular weight is 712 g/mol. The molecular formula is C52H41NS. The molecule has 1 aliphatic rings. The number of fused-ring (bicyclic) bond motifs is 4. The molecule has 260 valence electrons. The summed E-state index contributed by atoms with van der Waals surface area (Å²) >= 11 is 1.88. The van der Waals surface area contributed by atoms with Crippen LogP contribution in [0.5, 0.6) is 0 Å². The van der Waals surface area contributed by atoms with Gasteiger partial charge in [-0.2, -0.15) is 0 Å². The third kappa shape index (κ3) is 6.07. The number of benzene rings is 8. The second-order valence-electron chi connectivity index (χ2n) is 14.7. The number of hydrogen-bond donors (Lipinski definition) is 0. The molecule has 0 N–H and O–H groups in total. The van der Waals surface area contributed by atoms with Crippen LogP contribution in [0, 0.1) is 0 Å². The van der Waals surface area contributed by atoms with E-state index in [2.05, 4.69) is 187 Å². The number of thiophene rings is 1. The average Bonchev–Trinajstić information content (AvgIpc) is 3.62. The molecule has 8 aromatic carbocycles. The van der Waals surface area contributed by atoms with Crippen molar-refractivity contribution in [3.8, 4) is 33.4 Å². The molecule has 0 radical (unpaired) electrons. The van der Waals surface area contributed by atoms with E-state index in [1.807, 2.05) is 11.3 Å². The summed E-state index contributed by atoms with van der Waals surface area (Å²) in [5, 5.41) is 5.24. The van der Waals surface area contributed by atoms with E-state index in [0.29, 0.717) is 5.92 Å². The lowest BCUT2D eigenvalue weighted by Gasteiger charge is -2.27.